The Morgan fingerprint density at radius 1 is 1.00 bits per heavy atom. The fourth-order valence-corrected chi connectivity index (χ4v) is 10.1. The van der Waals surface area contributed by atoms with Crippen molar-refractivity contribution in [2.75, 3.05) is 39.6 Å². The highest BCUT2D eigenvalue weighted by atomic mass is 16.8. The van der Waals surface area contributed by atoms with Gasteiger partial charge in [-0.25, -0.2) is 9.59 Å². The molecule has 0 spiro atoms. The number of carbonyl (C=O) groups is 2. The van der Waals surface area contributed by atoms with Gasteiger partial charge in [-0.15, -0.1) is 13.2 Å². The average Bonchev–Trinajstić information content (AvgIpc) is 3.31. The lowest BCUT2D eigenvalue weighted by atomic mass is 9.55. The van der Waals surface area contributed by atoms with Crippen LogP contribution in [0.15, 0.2) is 103 Å². The van der Waals surface area contributed by atoms with Crippen molar-refractivity contribution in [3.05, 3.63) is 109 Å². The van der Waals surface area contributed by atoms with Crippen molar-refractivity contribution in [3.8, 4) is 11.5 Å². The smallest absolute Gasteiger partial charge is 0.412 e. The molecule has 1 unspecified atom stereocenters. The first-order valence-corrected chi connectivity index (χ1v) is 23.2. The fraction of sp³-hybridized carbons (Fsp3) is 0.510. The zero-order valence-electron chi connectivity index (χ0n) is 37.2. The number of hydrogen-bond donors (Lipinski definition) is 3. The van der Waals surface area contributed by atoms with Crippen LogP contribution >= 0.6 is 0 Å². The number of allylic oxidation sites excluding steroid dienone is 1. The molecular formula is C51H65N3O10. The summed E-state index contributed by atoms with van der Waals surface area (Å²) in [4.78, 5) is 35.8. The maximum atomic E-state index is 14.9. The number of amides is 2. The molecule has 3 aromatic rings. The van der Waals surface area contributed by atoms with E-state index in [0.717, 1.165) is 66.0 Å². The maximum absolute atomic E-state index is 14.9. The minimum Gasteiger partial charge on any atom is -0.459 e. The molecule has 7 rings (SSSR count). The van der Waals surface area contributed by atoms with Crippen LogP contribution in [-0.4, -0.2) is 90.7 Å². The van der Waals surface area contributed by atoms with Gasteiger partial charge in [0.15, 0.2) is 0 Å². The van der Waals surface area contributed by atoms with Crippen LogP contribution in [0.1, 0.15) is 94.6 Å². The van der Waals surface area contributed by atoms with Crippen molar-refractivity contribution in [1.29, 1.82) is 0 Å². The summed E-state index contributed by atoms with van der Waals surface area (Å²) in [7, 11) is 0. The molecule has 0 aromatic heterocycles. The molecule has 7 atom stereocenters. The number of ether oxygens (including phenoxy) is 5. The molecule has 13 nitrogen and oxygen atoms in total. The van der Waals surface area contributed by atoms with Crippen molar-refractivity contribution in [2.45, 2.75) is 108 Å². The van der Waals surface area contributed by atoms with Gasteiger partial charge >= 0.3 is 12.2 Å². The van der Waals surface area contributed by atoms with Crippen molar-refractivity contribution in [2.24, 2.45) is 22.9 Å². The average molecular weight is 880 g/mol. The highest BCUT2D eigenvalue weighted by molar-refractivity contribution is 6.03. The molecule has 13 heteroatoms. The van der Waals surface area contributed by atoms with E-state index in [4.69, 9.17) is 33.7 Å². The predicted molar refractivity (Wildman–Crippen MR) is 245 cm³/mol. The first-order valence-electron chi connectivity index (χ1n) is 23.2. The van der Waals surface area contributed by atoms with E-state index in [-0.39, 0.29) is 57.1 Å². The highest BCUT2D eigenvalue weighted by Gasteiger charge is 2.66. The minimum atomic E-state index is -1.52. The lowest BCUT2D eigenvalue weighted by molar-refractivity contribution is -0.256. The van der Waals surface area contributed by atoms with Gasteiger partial charge < -0.3 is 44.1 Å². The second-order valence-electron chi connectivity index (χ2n) is 17.1. The number of fused-ring (bicyclic) bond motifs is 3. The fourth-order valence-electron chi connectivity index (χ4n) is 10.1. The minimum absolute atomic E-state index is 0.0147. The summed E-state index contributed by atoms with van der Waals surface area (Å²) in [5.74, 6) is -1.53. The van der Waals surface area contributed by atoms with Crippen LogP contribution in [0, 0.1) is 17.8 Å². The van der Waals surface area contributed by atoms with Gasteiger partial charge in [-0.05, 0) is 104 Å². The lowest BCUT2D eigenvalue weighted by Crippen LogP contribution is -2.70. The number of benzene rings is 3. The molecule has 2 aliphatic heterocycles. The second kappa shape index (κ2) is 22.6. The Morgan fingerprint density at radius 2 is 1.81 bits per heavy atom. The van der Waals surface area contributed by atoms with Crippen molar-refractivity contribution in [3.63, 3.8) is 0 Å². The van der Waals surface area contributed by atoms with Gasteiger partial charge in [0.05, 0.1) is 38.0 Å². The van der Waals surface area contributed by atoms with Crippen LogP contribution in [0.4, 0.5) is 9.59 Å². The van der Waals surface area contributed by atoms with Gasteiger partial charge in [-0.3, -0.25) is 4.90 Å². The summed E-state index contributed by atoms with van der Waals surface area (Å²) in [6, 6.07) is 18.8. The lowest BCUT2D eigenvalue weighted by Gasteiger charge is -2.60. The Kier molecular flexibility index (Phi) is 16.5. The summed E-state index contributed by atoms with van der Waals surface area (Å²) in [6.45, 7) is 11.2. The van der Waals surface area contributed by atoms with E-state index in [2.05, 4.69) is 42.7 Å². The van der Waals surface area contributed by atoms with Crippen LogP contribution in [0.25, 0.3) is 10.8 Å². The Morgan fingerprint density at radius 3 is 2.58 bits per heavy atom. The van der Waals surface area contributed by atoms with Gasteiger partial charge in [0, 0.05) is 44.1 Å². The number of unbranched alkanes of at least 4 members (excludes halogenated alkanes) is 2. The molecule has 2 fully saturated rings. The van der Waals surface area contributed by atoms with Crippen molar-refractivity contribution in [1.82, 2.24) is 10.2 Å². The van der Waals surface area contributed by atoms with Crippen LogP contribution in [-0.2, 0) is 25.6 Å². The topological polar surface area (TPSA) is 158 Å². The third-order valence-corrected chi connectivity index (χ3v) is 13.0. The van der Waals surface area contributed by atoms with Crippen LogP contribution in [0.3, 0.4) is 0 Å². The monoisotopic (exact) mass is 879 g/mol. The van der Waals surface area contributed by atoms with E-state index in [0.29, 0.717) is 56.0 Å². The van der Waals surface area contributed by atoms with Gasteiger partial charge in [0.25, 0.3) is 0 Å². The molecular weight excluding hydrogens is 815 g/mol. The van der Waals surface area contributed by atoms with Crippen LogP contribution in [0.5, 0.6) is 11.5 Å². The summed E-state index contributed by atoms with van der Waals surface area (Å²) in [5.41, 5.74) is 3.29. The quantitative estimate of drug-likeness (QED) is 0.0535. The molecule has 0 bridgehead atoms. The number of rotatable bonds is 21. The summed E-state index contributed by atoms with van der Waals surface area (Å²) in [6.07, 6.45) is 11.7. The number of aliphatic hydroxyl groups is 2. The SMILES string of the molecule is C=CCCOC(=O)N(Cc1cccc2ccccc12)[C@H]1CC(=NOC2CCCCO2)C2=C[C@H](CCCCO)[C@@H](CCCCO)[C@@H]3c4cc(OC(=O)NCC)ccc4O[C@@]1(OCC=C)[C@H]23. The molecule has 1 saturated carbocycles. The number of nitrogens with zero attached hydrogens (tertiary/aromatic N) is 2. The predicted octanol–water partition coefficient (Wildman–Crippen LogP) is 9.32. The number of carbonyl (C=O) groups excluding carboxylic acids is 2. The summed E-state index contributed by atoms with van der Waals surface area (Å²) in [5, 5.41) is 29.7. The number of hydrogen-bond acceptors (Lipinski definition) is 11. The van der Waals surface area contributed by atoms with Gasteiger partial charge in [0.2, 0.25) is 12.1 Å². The molecule has 4 aliphatic rings. The Bertz CT molecular complexity index is 2130. The Labute approximate surface area is 377 Å². The molecule has 3 N–H and O–H groups in total. The largest absolute Gasteiger partial charge is 0.459 e. The number of nitrogens with one attached hydrogen (secondary N) is 1. The standard InChI is InChI=1S/C51H65N3O10/c1-4-7-29-60-50(58)54(34-37-20-16-19-35-17-8-9-21-39(35)37)45-33-43(53-64-46-23-12-15-30-59-46)41-31-36(18-10-13-26-55)40(22-11-14-27-56)47-42-32-38(62-49(57)52-6-3)24-25-44(42)63-51(45,48(41)47)61-28-5-2/h4-5,8-9,16-17,19-21,24-25,31-32,36,40,45-48,55-56H,1-2,6-7,10-15,18,22-23,26-30,33-34H2,3H3,(H,52,57)/t36-,40+,45-,46?,47+,48+,51+/m0/s1. The maximum Gasteiger partial charge on any atom is 0.412 e. The zero-order chi connectivity index (χ0) is 44.9. The third-order valence-electron chi connectivity index (χ3n) is 13.0. The van der Waals surface area contributed by atoms with E-state index < -0.39 is 36.2 Å². The molecule has 0 radical (unpaired) electrons. The van der Waals surface area contributed by atoms with Crippen LogP contribution < -0.4 is 14.8 Å². The Balaban J connectivity index is 1.47. The molecule has 2 heterocycles. The Hall–Kier alpha value is -5.21. The molecule has 1 saturated heterocycles. The van der Waals surface area contributed by atoms with E-state index in [9.17, 15) is 19.8 Å². The molecule has 3 aromatic carbocycles. The molecule has 64 heavy (non-hydrogen) atoms. The molecule has 2 amide bonds. The number of oxime groups is 1. The van der Waals surface area contributed by atoms with E-state index in [1.165, 1.54) is 0 Å². The zero-order valence-corrected chi connectivity index (χ0v) is 37.2. The number of aliphatic hydroxyl groups excluding tert-OH is 2. The van der Waals surface area contributed by atoms with Crippen molar-refractivity contribution >= 4 is 28.7 Å². The normalized spacial score (nSPS) is 25.2. The summed E-state index contributed by atoms with van der Waals surface area (Å²) < 4.78 is 32.5. The highest BCUT2D eigenvalue weighted by Crippen LogP contribution is 2.62. The van der Waals surface area contributed by atoms with Gasteiger partial charge in [-0.2, -0.15) is 0 Å². The van der Waals surface area contributed by atoms with Gasteiger partial charge in [0.1, 0.15) is 17.5 Å². The van der Waals surface area contributed by atoms with Crippen LogP contribution in [0.2, 0.25) is 0 Å². The second-order valence-corrected chi connectivity index (χ2v) is 17.1. The first-order chi connectivity index (χ1) is 31.3. The van der Waals surface area contributed by atoms with E-state index in [1.54, 1.807) is 23.1 Å². The molecule has 344 valence electrons. The van der Waals surface area contributed by atoms with Crippen molar-refractivity contribution < 1.29 is 48.3 Å². The third kappa shape index (κ3) is 10.5. The molecule has 2 aliphatic carbocycles. The van der Waals surface area contributed by atoms with E-state index in [1.807, 2.05) is 43.3 Å². The first kappa shape index (κ1) is 46.8. The van der Waals surface area contributed by atoms with Gasteiger partial charge in [-0.1, -0.05) is 78.7 Å². The van der Waals surface area contributed by atoms with E-state index >= 15 is 0 Å². The summed E-state index contributed by atoms with van der Waals surface area (Å²) >= 11 is 0.